The minimum absolute atomic E-state index is 0. The monoisotopic (exact) mass is 904 g/mol. The van der Waals surface area contributed by atoms with Crippen LogP contribution < -0.4 is 0 Å². The Balaban J connectivity index is 0.000000418. The van der Waals surface area contributed by atoms with E-state index < -0.39 is 0 Å². The SMILES string of the molecule is CC(C)Cc1[c-]c(-c2nccc3c2ccc2cc(-c4ccc(C(C)(C)C)nc4)ccc23)cc(CC(C)C)c1.CCC(CC)C(=O)/C=C(\O)C(CC)CC.[Ir]. The summed E-state index contributed by atoms with van der Waals surface area (Å²) in [7, 11) is 0. The predicted octanol–water partition coefficient (Wildman–Crippen LogP) is 13.5. The van der Waals surface area contributed by atoms with E-state index in [1.54, 1.807) is 0 Å². The van der Waals surface area contributed by atoms with Gasteiger partial charge in [0.1, 0.15) is 0 Å². The van der Waals surface area contributed by atoms with Crippen molar-refractivity contribution >= 4 is 27.3 Å². The normalized spacial score (nSPS) is 12.1. The van der Waals surface area contributed by atoms with Gasteiger partial charge in [0.05, 0.1) is 5.76 Å². The maximum absolute atomic E-state index is 11.7. The molecule has 0 bridgehead atoms. The third kappa shape index (κ3) is 11.7. The van der Waals surface area contributed by atoms with Gasteiger partial charge in [-0.05, 0) is 101 Å². The zero-order chi connectivity index (χ0) is 38.9. The number of aliphatic hydroxyl groups excluding tert-OH is 1. The first-order valence-electron chi connectivity index (χ1n) is 20.0. The third-order valence-electron chi connectivity index (χ3n) is 10.2. The summed E-state index contributed by atoms with van der Waals surface area (Å²) < 4.78 is 0. The van der Waals surface area contributed by atoms with Crippen molar-refractivity contribution < 1.29 is 30.0 Å². The molecule has 0 fully saturated rings. The van der Waals surface area contributed by atoms with E-state index in [4.69, 9.17) is 9.97 Å². The summed E-state index contributed by atoms with van der Waals surface area (Å²) in [5.41, 5.74) is 8.27. The third-order valence-corrected chi connectivity index (χ3v) is 10.2. The molecule has 291 valence electrons. The summed E-state index contributed by atoms with van der Waals surface area (Å²) in [5.74, 6) is 1.74. The van der Waals surface area contributed by atoms with Gasteiger partial charge in [-0.15, -0.1) is 34.9 Å². The first kappa shape index (κ1) is 44.7. The molecule has 0 aliphatic heterocycles. The quantitative estimate of drug-likeness (QED) is 0.0553. The summed E-state index contributed by atoms with van der Waals surface area (Å²) in [4.78, 5) is 21.3. The van der Waals surface area contributed by atoms with Crippen LogP contribution in [0.25, 0.3) is 43.9 Å². The Bertz CT molecular complexity index is 1970. The molecule has 54 heavy (non-hydrogen) atoms. The van der Waals surface area contributed by atoms with Crippen molar-refractivity contribution in [3.63, 3.8) is 0 Å². The molecule has 0 amide bonds. The van der Waals surface area contributed by atoms with Gasteiger partial charge in [-0.1, -0.05) is 106 Å². The molecule has 0 saturated heterocycles. The van der Waals surface area contributed by atoms with Gasteiger partial charge in [0.2, 0.25) is 0 Å². The van der Waals surface area contributed by atoms with Crippen molar-refractivity contribution in [3.05, 3.63) is 108 Å². The molecule has 5 aromatic rings. The summed E-state index contributed by atoms with van der Waals surface area (Å²) in [5, 5.41) is 14.6. The van der Waals surface area contributed by atoms with Crippen molar-refractivity contribution in [2.24, 2.45) is 23.7 Å². The molecule has 2 heterocycles. The Labute approximate surface area is 339 Å². The summed E-state index contributed by atoms with van der Waals surface area (Å²) in [6, 6.07) is 26.0. The molecule has 0 spiro atoms. The number of allylic oxidation sites excluding steroid dienone is 2. The van der Waals surface area contributed by atoms with Crippen LogP contribution in [-0.4, -0.2) is 20.9 Å². The number of hydrogen-bond acceptors (Lipinski definition) is 4. The van der Waals surface area contributed by atoms with Gasteiger partial charge in [-0.25, -0.2) is 0 Å². The molecule has 5 rings (SSSR count). The number of aliphatic hydroxyl groups is 1. The van der Waals surface area contributed by atoms with E-state index in [0.29, 0.717) is 11.8 Å². The van der Waals surface area contributed by atoms with Gasteiger partial charge in [-0.3, -0.25) is 9.78 Å². The zero-order valence-corrected chi connectivity index (χ0v) is 37.0. The van der Waals surface area contributed by atoms with Crippen molar-refractivity contribution in [3.8, 4) is 22.4 Å². The first-order chi connectivity index (χ1) is 25.2. The number of carbonyl (C=O) groups excluding carboxylic acids is 1. The molecule has 5 heteroatoms. The molecule has 1 N–H and O–H groups in total. The van der Waals surface area contributed by atoms with E-state index in [1.165, 1.54) is 44.3 Å². The molecule has 0 saturated carbocycles. The largest absolute Gasteiger partial charge is 0.512 e. The van der Waals surface area contributed by atoms with E-state index in [0.717, 1.165) is 61.0 Å². The first-order valence-corrected chi connectivity index (χ1v) is 20.0. The van der Waals surface area contributed by atoms with Crippen LogP contribution in [0.1, 0.15) is 119 Å². The van der Waals surface area contributed by atoms with Crippen LogP contribution in [0.3, 0.4) is 0 Å². The van der Waals surface area contributed by atoms with E-state index >= 15 is 0 Å². The zero-order valence-electron chi connectivity index (χ0n) is 34.6. The molecule has 1 radical (unpaired) electrons. The van der Waals surface area contributed by atoms with Gasteiger partial charge in [-0.2, -0.15) is 0 Å². The van der Waals surface area contributed by atoms with Crippen LogP contribution in [0.4, 0.5) is 0 Å². The van der Waals surface area contributed by atoms with Crippen LogP contribution in [-0.2, 0) is 43.2 Å². The molecular weight excluding hydrogens is 841 g/mol. The number of pyridine rings is 2. The van der Waals surface area contributed by atoms with Gasteiger partial charge < -0.3 is 10.1 Å². The summed E-state index contributed by atoms with van der Waals surface area (Å²) in [6.07, 6.45) is 10.9. The van der Waals surface area contributed by atoms with E-state index in [2.05, 4.69) is 115 Å². The van der Waals surface area contributed by atoms with Crippen molar-refractivity contribution in [2.75, 3.05) is 0 Å². The molecular formula is C49H63IrN2O2-. The Kier molecular flexibility index (Phi) is 16.8. The molecule has 0 aliphatic carbocycles. The number of carbonyl (C=O) groups is 1. The van der Waals surface area contributed by atoms with Gasteiger partial charge in [0.25, 0.3) is 0 Å². The second kappa shape index (κ2) is 20.3. The number of hydrogen-bond donors (Lipinski definition) is 1. The molecule has 0 atom stereocenters. The number of benzene rings is 3. The van der Waals surface area contributed by atoms with Crippen LogP contribution in [0, 0.1) is 29.7 Å². The second-order valence-corrected chi connectivity index (χ2v) is 16.6. The van der Waals surface area contributed by atoms with Crippen LogP contribution in [0.15, 0.2) is 84.9 Å². The number of nitrogens with zero attached hydrogens (tertiary/aromatic N) is 2. The standard InChI is InChI=1S/C36H39N2.C13H24O2.Ir/c1-23(2)16-25-18-26(17-24(3)4)20-30(19-25)35-33-12-9-28-21-27(8-11-31(28)32(33)14-15-37-35)29-10-13-34(38-22-29)36(5,6)7;1-5-10(6-2)12(14)9-13(15)11(7-3)8-4;/h8-15,18-19,21-24H,16-17H2,1-7H3;9-11,14H,5-8H2,1-4H3;/q-1;;/b;12-9-;. The minimum atomic E-state index is 0. The number of aromatic nitrogens is 2. The summed E-state index contributed by atoms with van der Waals surface area (Å²) >= 11 is 0. The minimum Gasteiger partial charge on any atom is -0.512 e. The Morgan fingerprint density at radius 3 is 1.94 bits per heavy atom. The Hall–Kier alpha value is -3.66. The molecule has 0 unspecified atom stereocenters. The number of fused-ring (bicyclic) bond motifs is 3. The average Bonchev–Trinajstić information content (AvgIpc) is 3.11. The molecule has 3 aromatic carbocycles. The fraction of sp³-hybridized carbons (Fsp3) is 0.449. The topological polar surface area (TPSA) is 63.1 Å². The van der Waals surface area contributed by atoms with Crippen LogP contribution in [0.5, 0.6) is 0 Å². The Morgan fingerprint density at radius 1 is 0.741 bits per heavy atom. The van der Waals surface area contributed by atoms with Gasteiger partial charge in [0.15, 0.2) is 5.78 Å². The van der Waals surface area contributed by atoms with Gasteiger partial charge in [0, 0.05) is 67.1 Å². The van der Waals surface area contributed by atoms with Crippen molar-refractivity contribution in [2.45, 2.75) is 120 Å². The Morgan fingerprint density at radius 2 is 1.37 bits per heavy atom. The molecule has 2 aromatic heterocycles. The summed E-state index contributed by atoms with van der Waals surface area (Å²) in [6.45, 7) is 23.8. The molecule has 0 aliphatic rings. The van der Waals surface area contributed by atoms with E-state index in [1.807, 2.05) is 40.1 Å². The predicted molar refractivity (Wildman–Crippen MR) is 226 cm³/mol. The van der Waals surface area contributed by atoms with Crippen molar-refractivity contribution in [1.29, 1.82) is 0 Å². The fourth-order valence-electron chi connectivity index (χ4n) is 7.14. The fourth-order valence-corrected chi connectivity index (χ4v) is 7.14. The smallest absolute Gasteiger partial charge is 0.162 e. The number of ketones is 1. The maximum atomic E-state index is 11.7. The second-order valence-electron chi connectivity index (χ2n) is 16.6. The van der Waals surface area contributed by atoms with Crippen LogP contribution >= 0.6 is 0 Å². The maximum Gasteiger partial charge on any atom is 0.162 e. The van der Waals surface area contributed by atoms with Gasteiger partial charge >= 0.3 is 0 Å². The van der Waals surface area contributed by atoms with Crippen LogP contribution in [0.2, 0.25) is 0 Å². The van der Waals surface area contributed by atoms with Crippen molar-refractivity contribution in [1.82, 2.24) is 9.97 Å². The van der Waals surface area contributed by atoms with E-state index in [-0.39, 0.29) is 48.9 Å². The van der Waals surface area contributed by atoms with E-state index in [9.17, 15) is 9.90 Å². The number of rotatable bonds is 13. The average molecular weight is 904 g/mol. The molecule has 4 nitrogen and oxygen atoms in total.